The lowest BCUT2D eigenvalue weighted by molar-refractivity contribution is 0.181. The Morgan fingerprint density at radius 3 is 2.80 bits per heavy atom. The van der Waals surface area contributed by atoms with Gasteiger partial charge in [-0.3, -0.25) is 4.68 Å². The van der Waals surface area contributed by atoms with Crippen LogP contribution in [0.25, 0.3) is 0 Å². The van der Waals surface area contributed by atoms with E-state index in [4.69, 9.17) is 22.1 Å². The number of rotatable bonds is 5. The fourth-order valence-electron chi connectivity index (χ4n) is 1.37. The van der Waals surface area contributed by atoms with Crippen molar-refractivity contribution >= 4 is 11.6 Å². The molecule has 0 spiro atoms. The molecule has 0 aliphatic rings. The highest BCUT2D eigenvalue weighted by atomic mass is 35.5. The largest absolute Gasteiger partial charge is 0.383 e. The fourth-order valence-corrected chi connectivity index (χ4v) is 1.64. The maximum atomic E-state index is 6.07. The van der Waals surface area contributed by atoms with E-state index in [1.165, 1.54) is 0 Å². The molecule has 1 aromatic heterocycles. The van der Waals surface area contributed by atoms with E-state index >= 15 is 0 Å². The van der Waals surface area contributed by atoms with Crippen LogP contribution in [0.1, 0.15) is 25.6 Å². The highest BCUT2D eigenvalue weighted by Crippen LogP contribution is 2.25. The molecule has 0 aliphatic heterocycles. The molecule has 0 saturated heterocycles. The quantitative estimate of drug-likeness (QED) is 0.842. The van der Waals surface area contributed by atoms with Crippen LogP contribution >= 0.6 is 11.6 Å². The van der Waals surface area contributed by atoms with Gasteiger partial charge in [-0.2, -0.15) is 5.10 Å². The summed E-state index contributed by atoms with van der Waals surface area (Å²) in [5.41, 5.74) is 6.96. The highest BCUT2D eigenvalue weighted by molar-refractivity contribution is 6.31. The van der Waals surface area contributed by atoms with Gasteiger partial charge in [0, 0.05) is 7.11 Å². The number of nitrogens with two attached hydrogens (primary N) is 1. The summed E-state index contributed by atoms with van der Waals surface area (Å²) in [6.45, 7) is 5.41. The van der Waals surface area contributed by atoms with Crippen molar-refractivity contribution in [1.29, 1.82) is 0 Å². The second kappa shape index (κ2) is 5.49. The number of halogens is 1. The summed E-state index contributed by atoms with van der Waals surface area (Å²) in [7, 11) is 1.66. The number of hydrogen-bond donors (Lipinski definition) is 1. The lowest BCUT2D eigenvalue weighted by Gasteiger charge is -2.18. The van der Waals surface area contributed by atoms with Gasteiger partial charge in [0.1, 0.15) is 0 Å². The summed E-state index contributed by atoms with van der Waals surface area (Å²) < 4.78 is 6.82. The lowest BCUT2D eigenvalue weighted by Crippen LogP contribution is -2.22. The molecule has 4 nitrogen and oxygen atoms in total. The molecule has 86 valence electrons. The first kappa shape index (κ1) is 12.5. The number of methoxy groups -OCH3 is 1. The first-order valence-electron chi connectivity index (χ1n) is 5.03. The Balaban J connectivity index is 2.88. The standard InChI is InChI=1S/C10H18ClN3O/c1-7(2)9(12)10-8(11)6-13-14(10)4-5-15-3/h6-7,9H,4-5,12H2,1-3H3. The topological polar surface area (TPSA) is 53.1 Å². The van der Waals surface area contributed by atoms with Crippen molar-refractivity contribution < 1.29 is 4.74 Å². The van der Waals surface area contributed by atoms with Gasteiger partial charge in [-0.1, -0.05) is 25.4 Å². The van der Waals surface area contributed by atoms with Crippen molar-refractivity contribution in [3.8, 4) is 0 Å². The van der Waals surface area contributed by atoms with Crippen molar-refractivity contribution in [2.75, 3.05) is 13.7 Å². The normalized spacial score (nSPS) is 13.5. The minimum absolute atomic E-state index is 0.0862. The molecule has 0 saturated carbocycles. The minimum Gasteiger partial charge on any atom is -0.383 e. The zero-order valence-electron chi connectivity index (χ0n) is 9.40. The Labute approximate surface area is 95.3 Å². The zero-order chi connectivity index (χ0) is 11.4. The van der Waals surface area contributed by atoms with Crippen LogP contribution in [0.4, 0.5) is 0 Å². The molecule has 1 unspecified atom stereocenters. The van der Waals surface area contributed by atoms with Crippen molar-refractivity contribution in [2.45, 2.75) is 26.4 Å². The summed E-state index contributed by atoms with van der Waals surface area (Å²) in [5.74, 6) is 0.334. The van der Waals surface area contributed by atoms with E-state index in [9.17, 15) is 0 Å². The Hall–Kier alpha value is -0.580. The Morgan fingerprint density at radius 2 is 2.27 bits per heavy atom. The molecule has 2 N–H and O–H groups in total. The van der Waals surface area contributed by atoms with Gasteiger partial charge in [0.2, 0.25) is 0 Å². The predicted octanol–water partition coefficient (Wildman–Crippen LogP) is 1.84. The molecule has 1 heterocycles. The molecular weight excluding hydrogens is 214 g/mol. The fraction of sp³-hybridized carbons (Fsp3) is 0.700. The summed E-state index contributed by atoms with van der Waals surface area (Å²) in [4.78, 5) is 0. The molecule has 1 atom stereocenters. The number of aromatic nitrogens is 2. The van der Waals surface area contributed by atoms with Crippen LogP contribution < -0.4 is 5.73 Å². The summed E-state index contributed by atoms with van der Waals surface area (Å²) in [5, 5.41) is 4.81. The zero-order valence-corrected chi connectivity index (χ0v) is 10.2. The van der Waals surface area contributed by atoms with E-state index in [1.807, 2.05) is 4.68 Å². The second-order valence-electron chi connectivity index (χ2n) is 3.86. The Bertz CT molecular complexity index is 312. The summed E-state index contributed by atoms with van der Waals surface area (Å²) in [6, 6.07) is -0.0862. The maximum absolute atomic E-state index is 6.07. The van der Waals surface area contributed by atoms with Gasteiger partial charge in [-0.05, 0) is 5.92 Å². The van der Waals surface area contributed by atoms with E-state index in [1.54, 1.807) is 13.3 Å². The number of nitrogens with zero attached hydrogens (tertiary/aromatic N) is 2. The Kier molecular flexibility index (Phi) is 4.57. The second-order valence-corrected chi connectivity index (χ2v) is 4.27. The third kappa shape index (κ3) is 2.93. The minimum atomic E-state index is -0.0862. The van der Waals surface area contributed by atoms with E-state index < -0.39 is 0 Å². The molecule has 0 radical (unpaired) electrons. The molecule has 5 heteroatoms. The van der Waals surface area contributed by atoms with Gasteiger partial charge in [0.15, 0.2) is 0 Å². The Morgan fingerprint density at radius 1 is 1.60 bits per heavy atom. The average molecular weight is 232 g/mol. The van der Waals surface area contributed by atoms with Crippen LogP contribution in [0.5, 0.6) is 0 Å². The van der Waals surface area contributed by atoms with Gasteiger partial charge < -0.3 is 10.5 Å². The van der Waals surface area contributed by atoms with Crippen LogP contribution in [-0.2, 0) is 11.3 Å². The van der Waals surface area contributed by atoms with E-state index in [2.05, 4.69) is 18.9 Å². The molecule has 1 aromatic rings. The molecule has 1 rings (SSSR count). The van der Waals surface area contributed by atoms with Crippen LogP contribution in [0.3, 0.4) is 0 Å². The van der Waals surface area contributed by atoms with Crippen LogP contribution in [0.2, 0.25) is 5.02 Å². The molecule has 0 amide bonds. The van der Waals surface area contributed by atoms with Gasteiger partial charge in [0.25, 0.3) is 0 Å². The van der Waals surface area contributed by atoms with Crippen LogP contribution in [-0.4, -0.2) is 23.5 Å². The van der Waals surface area contributed by atoms with Crippen molar-refractivity contribution in [1.82, 2.24) is 9.78 Å². The number of hydrogen-bond acceptors (Lipinski definition) is 3. The third-order valence-corrected chi connectivity index (χ3v) is 2.67. The lowest BCUT2D eigenvalue weighted by atomic mass is 10.0. The van der Waals surface area contributed by atoms with E-state index in [0.29, 0.717) is 24.1 Å². The van der Waals surface area contributed by atoms with Crippen molar-refractivity contribution in [3.63, 3.8) is 0 Å². The first-order chi connectivity index (χ1) is 7.07. The van der Waals surface area contributed by atoms with Gasteiger partial charge in [-0.15, -0.1) is 0 Å². The molecular formula is C10H18ClN3O. The summed E-state index contributed by atoms with van der Waals surface area (Å²) >= 11 is 6.06. The summed E-state index contributed by atoms with van der Waals surface area (Å²) in [6.07, 6.45) is 1.63. The van der Waals surface area contributed by atoms with Crippen LogP contribution in [0, 0.1) is 5.92 Å². The molecule has 0 aliphatic carbocycles. The monoisotopic (exact) mass is 231 g/mol. The smallest absolute Gasteiger partial charge is 0.0834 e. The van der Waals surface area contributed by atoms with E-state index in [-0.39, 0.29) is 6.04 Å². The van der Waals surface area contributed by atoms with E-state index in [0.717, 1.165) is 5.69 Å². The number of ether oxygens (including phenoxy) is 1. The first-order valence-corrected chi connectivity index (χ1v) is 5.41. The SMILES string of the molecule is COCCn1ncc(Cl)c1C(N)C(C)C. The molecule has 0 bridgehead atoms. The highest BCUT2D eigenvalue weighted by Gasteiger charge is 2.19. The predicted molar refractivity (Wildman–Crippen MR) is 60.9 cm³/mol. The molecule has 0 aromatic carbocycles. The average Bonchev–Trinajstić information content (AvgIpc) is 2.55. The van der Waals surface area contributed by atoms with Crippen LogP contribution in [0.15, 0.2) is 6.20 Å². The van der Waals surface area contributed by atoms with Gasteiger partial charge >= 0.3 is 0 Å². The van der Waals surface area contributed by atoms with Gasteiger partial charge in [-0.25, -0.2) is 0 Å². The van der Waals surface area contributed by atoms with Crippen molar-refractivity contribution in [3.05, 3.63) is 16.9 Å². The maximum Gasteiger partial charge on any atom is 0.0834 e. The van der Waals surface area contributed by atoms with Gasteiger partial charge in [0.05, 0.1) is 36.1 Å². The molecule has 0 fully saturated rings. The van der Waals surface area contributed by atoms with Crippen molar-refractivity contribution in [2.24, 2.45) is 11.7 Å². The molecule has 15 heavy (non-hydrogen) atoms. The third-order valence-electron chi connectivity index (χ3n) is 2.37.